The van der Waals surface area contributed by atoms with Crippen molar-refractivity contribution in [3.8, 4) is 0 Å². The third-order valence-electron chi connectivity index (χ3n) is 5.61. The van der Waals surface area contributed by atoms with Gasteiger partial charge in [-0.2, -0.15) is 0 Å². The predicted octanol–water partition coefficient (Wildman–Crippen LogP) is 3.76. The number of anilines is 2. The van der Waals surface area contributed by atoms with Crippen molar-refractivity contribution in [2.75, 3.05) is 36.4 Å². The highest BCUT2D eigenvalue weighted by atomic mass is 35.5. The van der Waals surface area contributed by atoms with Crippen molar-refractivity contribution in [2.45, 2.75) is 38.6 Å². The van der Waals surface area contributed by atoms with Crippen LogP contribution in [0.4, 0.5) is 11.6 Å². The Balaban J connectivity index is 1.38. The standard InChI is InChI=1S/C21H26ClN5O/c1-15-5-4-8-23-19(15)25-17-6-11-26(12-7-17)20-18(22)13-16(14-24-20)21(28)27-9-2-3-10-27/h4-5,8,13-14,17H,2-3,6-7,9-12H2,1H3,(H,23,25). The third kappa shape index (κ3) is 4.07. The summed E-state index contributed by atoms with van der Waals surface area (Å²) in [5.74, 6) is 1.76. The second-order valence-corrected chi connectivity index (χ2v) is 8.01. The molecule has 0 aromatic carbocycles. The Kier molecular flexibility index (Phi) is 5.67. The van der Waals surface area contributed by atoms with Crippen LogP contribution in [-0.4, -0.2) is 53.0 Å². The third-order valence-corrected chi connectivity index (χ3v) is 5.88. The molecule has 0 unspecified atom stereocenters. The van der Waals surface area contributed by atoms with Gasteiger partial charge in [0.2, 0.25) is 0 Å². The molecule has 2 saturated heterocycles. The molecule has 0 spiro atoms. The van der Waals surface area contributed by atoms with Gasteiger partial charge in [0.25, 0.3) is 5.91 Å². The van der Waals surface area contributed by atoms with Gasteiger partial charge in [-0.3, -0.25) is 4.79 Å². The van der Waals surface area contributed by atoms with E-state index in [0.717, 1.165) is 69.1 Å². The van der Waals surface area contributed by atoms with E-state index in [9.17, 15) is 4.79 Å². The number of carbonyl (C=O) groups excluding carboxylic acids is 1. The van der Waals surface area contributed by atoms with E-state index in [-0.39, 0.29) is 5.91 Å². The monoisotopic (exact) mass is 399 g/mol. The Morgan fingerprint density at radius 3 is 2.61 bits per heavy atom. The maximum Gasteiger partial charge on any atom is 0.255 e. The van der Waals surface area contributed by atoms with Crippen LogP contribution in [0.25, 0.3) is 0 Å². The molecule has 2 aromatic heterocycles. The largest absolute Gasteiger partial charge is 0.367 e. The summed E-state index contributed by atoms with van der Waals surface area (Å²) >= 11 is 6.50. The zero-order valence-electron chi connectivity index (χ0n) is 16.2. The van der Waals surface area contributed by atoms with E-state index in [0.29, 0.717) is 16.6 Å². The van der Waals surface area contributed by atoms with E-state index >= 15 is 0 Å². The maximum absolute atomic E-state index is 12.5. The lowest BCUT2D eigenvalue weighted by Gasteiger charge is -2.34. The lowest BCUT2D eigenvalue weighted by molar-refractivity contribution is 0.0792. The molecule has 0 bridgehead atoms. The quantitative estimate of drug-likeness (QED) is 0.848. The van der Waals surface area contributed by atoms with Gasteiger partial charge in [0.05, 0.1) is 10.6 Å². The number of hydrogen-bond donors (Lipinski definition) is 1. The Morgan fingerprint density at radius 1 is 1.18 bits per heavy atom. The van der Waals surface area contributed by atoms with Gasteiger partial charge in [0, 0.05) is 44.6 Å². The van der Waals surface area contributed by atoms with Crippen molar-refractivity contribution >= 4 is 29.1 Å². The molecule has 4 rings (SSSR count). The lowest BCUT2D eigenvalue weighted by Crippen LogP contribution is -2.40. The number of hydrogen-bond acceptors (Lipinski definition) is 5. The smallest absolute Gasteiger partial charge is 0.255 e. The second-order valence-electron chi connectivity index (χ2n) is 7.60. The van der Waals surface area contributed by atoms with Crippen molar-refractivity contribution in [3.63, 3.8) is 0 Å². The van der Waals surface area contributed by atoms with Crippen molar-refractivity contribution in [3.05, 3.63) is 46.7 Å². The summed E-state index contributed by atoms with van der Waals surface area (Å²) in [4.78, 5) is 25.6. The number of rotatable bonds is 4. The van der Waals surface area contributed by atoms with E-state index in [4.69, 9.17) is 11.6 Å². The van der Waals surface area contributed by atoms with Crippen LogP contribution in [0.2, 0.25) is 5.02 Å². The Labute approximate surface area is 170 Å². The van der Waals surface area contributed by atoms with Gasteiger partial charge >= 0.3 is 0 Å². The van der Waals surface area contributed by atoms with Crippen LogP contribution in [0.5, 0.6) is 0 Å². The fourth-order valence-electron chi connectivity index (χ4n) is 3.95. The number of pyridine rings is 2. The first kappa shape index (κ1) is 19.0. The van der Waals surface area contributed by atoms with Crippen LogP contribution in [0, 0.1) is 6.92 Å². The Hall–Kier alpha value is -2.34. The second kappa shape index (κ2) is 8.35. The fourth-order valence-corrected chi connectivity index (χ4v) is 4.23. The van der Waals surface area contributed by atoms with Crippen LogP contribution in [0.15, 0.2) is 30.6 Å². The molecule has 6 nitrogen and oxygen atoms in total. The summed E-state index contributed by atoms with van der Waals surface area (Å²) in [6.07, 6.45) is 7.62. The number of nitrogens with one attached hydrogen (secondary N) is 1. The van der Waals surface area contributed by atoms with E-state index < -0.39 is 0 Å². The molecule has 2 aliphatic heterocycles. The summed E-state index contributed by atoms with van der Waals surface area (Å²) in [6.45, 7) is 5.47. The van der Waals surface area contributed by atoms with E-state index in [2.05, 4.69) is 33.2 Å². The van der Waals surface area contributed by atoms with E-state index in [1.807, 2.05) is 17.2 Å². The summed E-state index contributed by atoms with van der Waals surface area (Å²) < 4.78 is 0. The minimum Gasteiger partial charge on any atom is -0.367 e. The van der Waals surface area contributed by atoms with E-state index in [1.165, 1.54) is 0 Å². The molecule has 2 aliphatic rings. The molecule has 28 heavy (non-hydrogen) atoms. The van der Waals surface area contributed by atoms with Crippen LogP contribution < -0.4 is 10.2 Å². The Bertz CT molecular complexity index is 844. The molecule has 2 fully saturated rings. The van der Waals surface area contributed by atoms with Crippen molar-refractivity contribution in [1.82, 2.24) is 14.9 Å². The van der Waals surface area contributed by atoms with Gasteiger partial charge < -0.3 is 15.1 Å². The number of likely N-dealkylation sites (tertiary alicyclic amines) is 1. The first-order valence-corrected chi connectivity index (χ1v) is 10.4. The fraction of sp³-hybridized carbons (Fsp3) is 0.476. The number of aromatic nitrogens is 2. The van der Waals surface area contributed by atoms with Crippen LogP contribution in [0.1, 0.15) is 41.6 Å². The van der Waals surface area contributed by atoms with Crippen molar-refractivity contribution in [1.29, 1.82) is 0 Å². The number of amides is 1. The summed E-state index contributed by atoms with van der Waals surface area (Å²) in [7, 11) is 0. The average Bonchev–Trinajstić information content (AvgIpc) is 3.25. The van der Waals surface area contributed by atoms with Crippen LogP contribution in [-0.2, 0) is 0 Å². The van der Waals surface area contributed by atoms with Crippen LogP contribution >= 0.6 is 11.6 Å². The maximum atomic E-state index is 12.5. The highest BCUT2D eigenvalue weighted by molar-refractivity contribution is 6.33. The number of halogens is 1. The molecular weight excluding hydrogens is 374 g/mol. The molecule has 148 valence electrons. The summed E-state index contributed by atoms with van der Waals surface area (Å²) in [5.41, 5.74) is 1.74. The molecule has 4 heterocycles. The molecule has 1 amide bonds. The SMILES string of the molecule is Cc1cccnc1NC1CCN(c2ncc(C(=O)N3CCCC3)cc2Cl)CC1. The summed E-state index contributed by atoms with van der Waals surface area (Å²) in [5, 5.41) is 4.10. The molecule has 1 N–H and O–H groups in total. The van der Waals surface area contributed by atoms with Gasteiger partial charge in [-0.1, -0.05) is 17.7 Å². The molecule has 0 radical (unpaired) electrons. The number of nitrogens with zero attached hydrogens (tertiary/aromatic N) is 4. The van der Waals surface area contributed by atoms with Gasteiger partial charge in [0.15, 0.2) is 0 Å². The zero-order valence-corrected chi connectivity index (χ0v) is 17.0. The molecule has 7 heteroatoms. The van der Waals surface area contributed by atoms with E-state index in [1.54, 1.807) is 12.3 Å². The average molecular weight is 400 g/mol. The highest BCUT2D eigenvalue weighted by Crippen LogP contribution is 2.28. The Morgan fingerprint density at radius 2 is 1.93 bits per heavy atom. The summed E-state index contributed by atoms with van der Waals surface area (Å²) in [6, 6.07) is 6.18. The first-order valence-electron chi connectivity index (χ1n) is 10.00. The van der Waals surface area contributed by atoms with Crippen molar-refractivity contribution in [2.24, 2.45) is 0 Å². The van der Waals surface area contributed by atoms with Gasteiger partial charge in [-0.05, 0) is 50.3 Å². The van der Waals surface area contributed by atoms with Gasteiger partial charge in [-0.15, -0.1) is 0 Å². The topological polar surface area (TPSA) is 61.4 Å². The van der Waals surface area contributed by atoms with Gasteiger partial charge in [0.1, 0.15) is 11.6 Å². The minimum absolute atomic E-state index is 0.0343. The molecule has 0 saturated carbocycles. The van der Waals surface area contributed by atoms with Gasteiger partial charge in [-0.25, -0.2) is 9.97 Å². The predicted molar refractivity (Wildman–Crippen MR) is 112 cm³/mol. The molecule has 0 aliphatic carbocycles. The van der Waals surface area contributed by atoms with Crippen LogP contribution in [0.3, 0.4) is 0 Å². The lowest BCUT2D eigenvalue weighted by atomic mass is 10.0. The number of piperidine rings is 1. The molecule has 0 atom stereocenters. The minimum atomic E-state index is 0.0343. The first-order chi connectivity index (χ1) is 13.6. The zero-order chi connectivity index (χ0) is 19.5. The molecule has 2 aromatic rings. The highest BCUT2D eigenvalue weighted by Gasteiger charge is 2.24. The number of carbonyl (C=O) groups is 1. The normalized spacial score (nSPS) is 17.8. The van der Waals surface area contributed by atoms with Crippen molar-refractivity contribution < 1.29 is 4.79 Å². The number of aryl methyl sites for hydroxylation is 1. The molecular formula is C21H26ClN5O.